The molecule has 0 aliphatic carbocycles. The fraction of sp³-hybridized carbons (Fsp3) is 0.259. The normalized spacial score (nSPS) is 16.1. The smallest absolute Gasteiger partial charge is 0.325 e. The van der Waals surface area contributed by atoms with Crippen molar-refractivity contribution in [3.05, 3.63) is 102 Å². The predicted molar refractivity (Wildman–Crippen MR) is 126 cm³/mol. The van der Waals surface area contributed by atoms with Crippen molar-refractivity contribution in [3.8, 4) is 5.75 Å². The Kier molecular flexibility index (Phi) is 6.47. The third kappa shape index (κ3) is 4.34. The average molecular weight is 445 g/mol. The number of urea groups is 1. The first-order valence-corrected chi connectivity index (χ1v) is 11.1. The number of carbonyl (C=O) groups excluding carboxylic acids is 2. The highest BCUT2D eigenvalue weighted by Crippen LogP contribution is 2.36. The molecule has 6 heteroatoms. The summed E-state index contributed by atoms with van der Waals surface area (Å²) in [6, 6.07) is 25.4. The molecular formula is C27H28N2O4. The molecule has 0 aromatic heterocycles. The van der Waals surface area contributed by atoms with E-state index in [1.807, 2.05) is 84.9 Å². The van der Waals surface area contributed by atoms with Crippen molar-refractivity contribution in [1.29, 1.82) is 0 Å². The van der Waals surface area contributed by atoms with Gasteiger partial charge in [-0.3, -0.25) is 9.69 Å². The minimum Gasteiger partial charge on any atom is -0.491 e. The first kappa shape index (κ1) is 22.6. The van der Waals surface area contributed by atoms with Crippen LogP contribution in [0, 0.1) is 0 Å². The van der Waals surface area contributed by atoms with Crippen molar-refractivity contribution in [2.24, 2.45) is 0 Å². The summed E-state index contributed by atoms with van der Waals surface area (Å²) in [6.07, 6.45) is -1.04. The van der Waals surface area contributed by atoms with Crippen molar-refractivity contribution < 1.29 is 19.4 Å². The summed E-state index contributed by atoms with van der Waals surface area (Å²) in [5, 5.41) is 13.5. The van der Waals surface area contributed by atoms with E-state index in [0.717, 1.165) is 10.5 Å². The summed E-state index contributed by atoms with van der Waals surface area (Å²) >= 11 is 0. The second kappa shape index (κ2) is 9.46. The van der Waals surface area contributed by atoms with E-state index in [1.54, 1.807) is 0 Å². The number of nitrogens with zero attached hydrogens (tertiary/aromatic N) is 1. The number of β-amino-alcohol motifs (C(OH)–C–C–N with tert-alkyl or cyclic N) is 1. The van der Waals surface area contributed by atoms with Gasteiger partial charge in [0.1, 0.15) is 18.5 Å². The number of carbonyl (C=O) groups is 2. The van der Waals surface area contributed by atoms with Crippen LogP contribution >= 0.6 is 0 Å². The van der Waals surface area contributed by atoms with Crippen molar-refractivity contribution in [1.82, 2.24) is 10.2 Å². The van der Waals surface area contributed by atoms with Crippen LogP contribution in [0.15, 0.2) is 84.9 Å². The molecule has 1 saturated heterocycles. The number of aliphatic hydroxyl groups excluding tert-OH is 1. The first-order valence-electron chi connectivity index (χ1n) is 11.1. The van der Waals surface area contributed by atoms with Gasteiger partial charge < -0.3 is 15.2 Å². The molecule has 0 radical (unpaired) electrons. The van der Waals surface area contributed by atoms with Gasteiger partial charge in [0.15, 0.2) is 5.54 Å². The molecule has 1 atom stereocenters. The van der Waals surface area contributed by atoms with Gasteiger partial charge >= 0.3 is 6.03 Å². The van der Waals surface area contributed by atoms with Crippen LogP contribution in [-0.4, -0.2) is 41.2 Å². The summed E-state index contributed by atoms with van der Waals surface area (Å²) in [6.45, 7) is 3.93. The highest BCUT2D eigenvalue weighted by Gasteiger charge is 2.53. The van der Waals surface area contributed by atoms with Gasteiger partial charge in [-0.2, -0.15) is 0 Å². The van der Waals surface area contributed by atoms with E-state index < -0.39 is 23.6 Å². The molecule has 0 saturated carbocycles. The zero-order valence-electron chi connectivity index (χ0n) is 18.8. The molecule has 1 fully saturated rings. The number of amides is 3. The number of imide groups is 1. The molecule has 0 spiro atoms. The van der Waals surface area contributed by atoms with E-state index in [0.29, 0.717) is 16.9 Å². The van der Waals surface area contributed by atoms with Crippen LogP contribution in [0.25, 0.3) is 0 Å². The van der Waals surface area contributed by atoms with Crippen molar-refractivity contribution in [2.45, 2.75) is 31.4 Å². The van der Waals surface area contributed by atoms with E-state index in [-0.39, 0.29) is 19.1 Å². The molecule has 6 nitrogen and oxygen atoms in total. The molecule has 33 heavy (non-hydrogen) atoms. The third-order valence-corrected chi connectivity index (χ3v) is 5.88. The Morgan fingerprint density at radius 1 is 0.879 bits per heavy atom. The van der Waals surface area contributed by atoms with E-state index in [1.165, 1.54) is 0 Å². The summed E-state index contributed by atoms with van der Waals surface area (Å²) in [5.41, 5.74) is 1.01. The quantitative estimate of drug-likeness (QED) is 0.514. The molecule has 1 unspecified atom stereocenters. The van der Waals surface area contributed by atoms with Crippen LogP contribution in [0.2, 0.25) is 0 Å². The maximum absolute atomic E-state index is 13.7. The number of rotatable bonds is 8. The number of ether oxygens (including phenoxy) is 1. The molecular weight excluding hydrogens is 416 g/mol. The van der Waals surface area contributed by atoms with Gasteiger partial charge in [0.25, 0.3) is 5.91 Å². The van der Waals surface area contributed by atoms with Crippen LogP contribution in [0.4, 0.5) is 4.79 Å². The molecule has 0 bridgehead atoms. The summed E-state index contributed by atoms with van der Waals surface area (Å²) in [4.78, 5) is 27.7. The monoisotopic (exact) mass is 444 g/mol. The Balaban J connectivity index is 1.55. The lowest BCUT2D eigenvalue weighted by atomic mass is 9.82. The lowest BCUT2D eigenvalue weighted by Crippen LogP contribution is -2.46. The van der Waals surface area contributed by atoms with Crippen LogP contribution in [0.5, 0.6) is 5.75 Å². The number of nitrogens with one attached hydrogen (secondary N) is 1. The first-order chi connectivity index (χ1) is 15.9. The van der Waals surface area contributed by atoms with Crippen molar-refractivity contribution in [3.63, 3.8) is 0 Å². The Labute approximate surface area is 193 Å². The Morgan fingerprint density at radius 2 is 1.42 bits per heavy atom. The average Bonchev–Trinajstić information content (AvgIpc) is 3.09. The predicted octanol–water partition coefficient (Wildman–Crippen LogP) is 4.05. The highest BCUT2D eigenvalue weighted by molar-refractivity contribution is 6.09. The zero-order valence-corrected chi connectivity index (χ0v) is 18.8. The van der Waals surface area contributed by atoms with Crippen LogP contribution in [0.3, 0.4) is 0 Å². The topological polar surface area (TPSA) is 78.9 Å². The maximum Gasteiger partial charge on any atom is 0.325 e. The lowest BCUT2D eigenvalue weighted by Gasteiger charge is -2.28. The molecule has 4 rings (SSSR count). The number of aliphatic hydroxyl groups is 1. The molecule has 1 aliphatic rings. The standard InChI is InChI=1S/C27H28N2O4/c1-19(2)23-15-9-10-16-24(23)33-18-22(30)17-29-25(31)27(28-26(29)32,20-11-5-3-6-12-20)21-13-7-4-8-14-21/h3-16,19,22,30H,17-18H2,1-2H3,(H,28,32). The van der Waals surface area contributed by atoms with Crippen molar-refractivity contribution in [2.75, 3.05) is 13.2 Å². The van der Waals surface area contributed by atoms with Gasteiger partial charge in [-0.25, -0.2) is 4.79 Å². The lowest BCUT2D eigenvalue weighted by molar-refractivity contribution is -0.131. The second-order valence-corrected chi connectivity index (χ2v) is 8.49. The SMILES string of the molecule is CC(C)c1ccccc1OCC(O)CN1C(=O)NC(c2ccccc2)(c2ccccc2)C1=O. The number of hydrogen-bond acceptors (Lipinski definition) is 4. The van der Waals surface area contributed by atoms with E-state index >= 15 is 0 Å². The summed E-state index contributed by atoms with van der Waals surface area (Å²) < 4.78 is 5.84. The minimum atomic E-state index is -1.34. The summed E-state index contributed by atoms with van der Waals surface area (Å²) in [5.74, 6) is 0.528. The number of benzene rings is 3. The van der Waals surface area contributed by atoms with E-state index in [2.05, 4.69) is 19.2 Å². The Morgan fingerprint density at radius 3 is 2.00 bits per heavy atom. The summed E-state index contributed by atoms with van der Waals surface area (Å²) in [7, 11) is 0. The molecule has 1 heterocycles. The van der Waals surface area contributed by atoms with Crippen molar-refractivity contribution >= 4 is 11.9 Å². The molecule has 3 aromatic carbocycles. The van der Waals surface area contributed by atoms with Gasteiger partial charge in [0.2, 0.25) is 0 Å². The van der Waals surface area contributed by atoms with E-state index in [4.69, 9.17) is 4.74 Å². The highest BCUT2D eigenvalue weighted by atomic mass is 16.5. The molecule has 1 aliphatic heterocycles. The van der Waals surface area contributed by atoms with Gasteiger partial charge in [0, 0.05) is 0 Å². The van der Waals surface area contributed by atoms with Gasteiger partial charge in [-0.05, 0) is 28.7 Å². The third-order valence-electron chi connectivity index (χ3n) is 5.88. The van der Waals surface area contributed by atoms with Gasteiger partial charge in [-0.1, -0.05) is 92.7 Å². The molecule has 3 amide bonds. The van der Waals surface area contributed by atoms with Crippen LogP contribution in [0.1, 0.15) is 36.5 Å². The van der Waals surface area contributed by atoms with Crippen LogP contribution in [-0.2, 0) is 10.3 Å². The van der Waals surface area contributed by atoms with Crippen LogP contribution < -0.4 is 10.1 Å². The maximum atomic E-state index is 13.7. The number of hydrogen-bond donors (Lipinski definition) is 2. The molecule has 170 valence electrons. The number of para-hydroxylation sites is 1. The fourth-order valence-corrected chi connectivity index (χ4v) is 4.21. The Bertz CT molecular complexity index is 1080. The van der Waals surface area contributed by atoms with Gasteiger partial charge in [0.05, 0.1) is 6.54 Å². The largest absolute Gasteiger partial charge is 0.491 e. The zero-order chi connectivity index (χ0) is 23.4. The van der Waals surface area contributed by atoms with E-state index in [9.17, 15) is 14.7 Å². The van der Waals surface area contributed by atoms with Gasteiger partial charge in [-0.15, -0.1) is 0 Å². The molecule has 3 aromatic rings. The minimum absolute atomic E-state index is 0.0372. The molecule has 2 N–H and O–H groups in total. The Hall–Kier alpha value is -3.64. The fourth-order valence-electron chi connectivity index (χ4n) is 4.21. The second-order valence-electron chi connectivity index (χ2n) is 8.49.